The van der Waals surface area contributed by atoms with Gasteiger partial charge in [0.2, 0.25) is 5.91 Å². The second-order valence-electron chi connectivity index (χ2n) is 14.1. The smallest absolute Gasteiger partial charge is 0.251 e. The fourth-order valence-electron chi connectivity index (χ4n) is 7.87. The topological polar surface area (TPSA) is 94.1 Å². The molecule has 1 heterocycles. The minimum atomic E-state index is -0.690. The quantitative estimate of drug-likeness (QED) is 0.382. The second-order valence-corrected chi connectivity index (χ2v) is 14.1. The minimum absolute atomic E-state index is 0.0599. The van der Waals surface area contributed by atoms with E-state index in [0.717, 1.165) is 29.7 Å². The molecule has 0 unspecified atom stereocenters. The number of nitrogens with one attached hydrogen (secondary N) is 2. The third-order valence-corrected chi connectivity index (χ3v) is 10.6. The first-order valence-electron chi connectivity index (χ1n) is 15.9. The summed E-state index contributed by atoms with van der Waals surface area (Å²) in [6.45, 7) is 12.5. The molecule has 3 saturated carbocycles. The lowest BCUT2D eigenvalue weighted by Gasteiger charge is -2.62. The lowest BCUT2D eigenvalue weighted by atomic mass is 9.45. The molecule has 0 radical (unpaired) electrons. The average Bonchev–Trinajstić information content (AvgIpc) is 3.29. The van der Waals surface area contributed by atoms with Crippen molar-refractivity contribution in [3.05, 3.63) is 59.7 Å². The lowest BCUT2D eigenvalue weighted by Crippen LogP contribution is -2.62. The van der Waals surface area contributed by atoms with Crippen LogP contribution in [0.25, 0.3) is 11.1 Å². The zero-order valence-electron chi connectivity index (χ0n) is 26.8. The van der Waals surface area contributed by atoms with Crippen LogP contribution in [0.5, 0.6) is 0 Å². The first-order chi connectivity index (χ1) is 20.4. The maximum absolute atomic E-state index is 13.9. The third kappa shape index (κ3) is 6.53. The van der Waals surface area contributed by atoms with Gasteiger partial charge in [-0.1, -0.05) is 51.1 Å². The Morgan fingerprint density at radius 2 is 1.79 bits per heavy atom. The Morgan fingerprint density at radius 1 is 1.09 bits per heavy atom. The number of likely N-dealkylation sites (N-methyl/N-ethyl adjacent to an activating group) is 1. The summed E-state index contributed by atoms with van der Waals surface area (Å²) in [7, 11) is 3.96. The molecule has 2 aromatic rings. The fourth-order valence-corrected chi connectivity index (χ4v) is 7.87. The largest absolute Gasteiger partial charge is 0.393 e. The van der Waals surface area contributed by atoms with Crippen LogP contribution in [0.2, 0.25) is 0 Å². The molecule has 8 heteroatoms. The van der Waals surface area contributed by atoms with Crippen molar-refractivity contribution >= 4 is 11.8 Å². The predicted molar refractivity (Wildman–Crippen MR) is 169 cm³/mol. The number of aliphatic hydroxyl groups is 1. The number of carbonyl (C=O) groups excluding carboxylic acids is 2. The summed E-state index contributed by atoms with van der Waals surface area (Å²) in [6, 6.07) is 15.3. The van der Waals surface area contributed by atoms with E-state index in [1.54, 1.807) is 12.0 Å². The molecule has 8 atom stereocenters. The molecule has 4 aliphatic rings. The van der Waals surface area contributed by atoms with E-state index < -0.39 is 12.1 Å². The monoisotopic (exact) mass is 590 g/mol. The van der Waals surface area contributed by atoms with Crippen LogP contribution in [0.15, 0.2) is 48.5 Å². The average molecular weight is 591 g/mol. The molecule has 43 heavy (non-hydrogen) atoms. The van der Waals surface area contributed by atoms with E-state index in [-0.39, 0.29) is 29.9 Å². The van der Waals surface area contributed by atoms with E-state index in [4.69, 9.17) is 4.84 Å². The highest BCUT2D eigenvalue weighted by atomic mass is 16.7. The van der Waals surface area contributed by atoms with E-state index in [9.17, 15) is 14.7 Å². The Morgan fingerprint density at radius 3 is 2.44 bits per heavy atom. The Balaban J connectivity index is 1.30. The van der Waals surface area contributed by atoms with Crippen LogP contribution in [-0.2, 0) is 16.2 Å². The zero-order valence-corrected chi connectivity index (χ0v) is 26.8. The number of hydroxylamine groups is 2. The van der Waals surface area contributed by atoms with Gasteiger partial charge in [-0.2, -0.15) is 5.06 Å². The van der Waals surface area contributed by atoms with Gasteiger partial charge in [-0.15, -0.1) is 0 Å². The van der Waals surface area contributed by atoms with Gasteiger partial charge in [-0.05, 0) is 98.8 Å². The van der Waals surface area contributed by atoms with Gasteiger partial charge in [-0.3, -0.25) is 14.4 Å². The Kier molecular flexibility index (Phi) is 9.33. The van der Waals surface area contributed by atoms with Gasteiger partial charge in [0.1, 0.15) is 6.04 Å². The first kappa shape index (κ1) is 31.6. The minimum Gasteiger partial charge on any atom is -0.393 e. The summed E-state index contributed by atoms with van der Waals surface area (Å²) in [4.78, 5) is 34.9. The molecule has 1 saturated heterocycles. The van der Waals surface area contributed by atoms with Crippen LogP contribution < -0.4 is 10.6 Å². The van der Waals surface area contributed by atoms with Crippen LogP contribution in [0.3, 0.4) is 0 Å². The number of aliphatic hydroxyl groups excluding tert-OH is 1. The fraction of sp³-hybridized carbons (Fsp3) is 0.600. The third-order valence-electron chi connectivity index (χ3n) is 10.6. The predicted octanol–water partition coefficient (Wildman–Crippen LogP) is 4.33. The molecule has 2 amide bonds. The summed E-state index contributed by atoms with van der Waals surface area (Å²) >= 11 is 0. The SMILES string of the molecule is C[C@@H]1[C@@H](NC(=O)[C@@H]2[C@H]([C@H](C)O)[C@H](C)ON2Cc2cccc(-c3cccc(C(=O)NCCN(C)C)c3)c2)C[C@H]2C[C@@H]1C2(C)C. The summed E-state index contributed by atoms with van der Waals surface area (Å²) < 4.78 is 0. The van der Waals surface area contributed by atoms with Crippen molar-refractivity contribution in [1.82, 2.24) is 20.6 Å². The van der Waals surface area contributed by atoms with Crippen molar-refractivity contribution in [2.24, 2.45) is 29.1 Å². The van der Waals surface area contributed by atoms with Gasteiger partial charge in [0.15, 0.2) is 0 Å². The molecule has 1 aliphatic heterocycles. The Bertz CT molecular complexity index is 1310. The molecule has 3 aliphatic carbocycles. The van der Waals surface area contributed by atoms with E-state index in [2.05, 4.69) is 37.5 Å². The van der Waals surface area contributed by atoms with Crippen molar-refractivity contribution in [2.75, 3.05) is 27.2 Å². The summed E-state index contributed by atoms with van der Waals surface area (Å²) in [6.07, 6.45) is 1.28. The van der Waals surface area contributed by atoms with Crippen LogP contribution in [-0.4, -0.2) is 78.4 Å². The number of hydrogen-bond acceptors (Lipinski definition) is 6. The summed E-state index contributed by atoms with van der Waals surface area (Å²) in [5.41, 5.74) is 3.89. The standard InChI is InChI=1S/C35H50N4O4/c1-21-29-18-28(35(29,4)5)19-30(21)37-34(42)32-31(22(2)40)23(3)43-39(32)20-24-10-8-11-25(16-24)26-12-9-13-27(17-26)33(41)36-14-15-38(6)7/h8-13,16-17,21-23,28-32,40H,14-15,18-20H2,1-7H3,(H,36,41)(H,37,42)/t21-,22-,23-,28+,29-,30-,31+,32-/m0/s1. The van der Waals surface area contributed by atoms with E-state index in [1.165, 1.54) is 6.42 Å². The van der Waals surface area contributed by atoms with Gasteiger partial charge >= 0.3 is 0 Å². The van der Waals surface area contributed by atoms with Crippen LogP contribution in [0, 0.1) is 29.1 Å². The number of hydrogen-bond donors (Lipinski definition) is 3. The number of benzene rings is 2. The van der Waals surface area contributed by atoms with Crippen molar-refractivity contribution in [3.8, 4) is 11.1 Å². The van der Waals surface area contributed by atoms with E-state index >= 15 is 0 Å². The van der Waals surface area contributed by atoms with E-state index in [1.807, 2.05) is 68.4 Å². The number of rotatable bonds is 10. The number of amides is 2. The van der Waals surface area contributed by atoms with E-state index in [0.29, 0.717) is 41.8 Å². The van der Waals surface area contributed by atoms with Gasteiger partial charge < -0.3 is 20.6 Å². The number of nitrogens with zero attached hydrogens (tertiary/aromatic N) is 2. The molecule has 2 bridgehead atoms. The van der Waals surface area contributed by atoms with Gasteiger partial charge in [0.25, 0.3) is 5.91 Å². The lowest BCUT2D eigenvalue weighted by molar-refractivity contribution is -0.174. The molecule has 234 valence electrons. The van der Waals surface area contributed by atoms with Gasteiger partial charge in [0, 0.05) is 30.6 Å². The zero-order chi connectivity index (χ0) is 31.1. The van der Waals surface area contributed by atoms with Gasteiger partial charge in [0.05, 0.1) is 18.8 Å². The van der Waals surface area contributed by atoms with Crippen LogP contribution >= 0.6 is 0 Å². The Hall–Kier alpha value is -2.78. The maximum Gasteiger partial charge on any atom is 0.251 e. The molecule has 2 aromatic carbocycles. The number of fused-ring (bicyclic) bond motifs is 2. The normalized spacial score (nSPS) is 30.5. The molecule has 6 rings (SSSR count). The van der Waals surface area contributed by atoms with Crippen LogP contribution in [0.1, 0.15) is 63.4 Å². The highest BCUT2D eigenvalue weighted by Gasteiger charge is 2.57. The molecule has 8 nitrogen and oxygen atoms in total. The van der Waals surface area contributed by atoms with Crippen molar-refractivity contribution in [1.29, 1.82) is 0 Å². The van der Waals surface area contributed by atoms with Crippen molar-refractivity contribution < 1.29 is 19.5 Å². The molecule has 4 fully saturated rings. The summed E-state index contributed by atoms with van der Waals surface area (Å²) in [5.74, 6) is 1.21. The van der Waals surface area contributed by atoms with Crippen molar-refractivity contribution in [3.63, 3.8) is 0 Å². The molecular weight excluding hydrogens is 540 g/mol. The highest BCUT2D eigenvalue weighted by molar-refractivity contribution is 5.95. The van der Waals surface area contributed by atoms with Gasteiger partial charge in [-0.25, -0.2) is 0 Å². The number of carbonyl (C=O) groups is 2. The molecule has 3 N–H and O–H groups in total. The molecule has 0 aromatic heterocycles. The van der Waals surface area contributed by atoms with Crippen molar-refractivity contribution in [2.45, 2.75) is 78.3 Å². The highest BCUT2D eigenvalue weighted by Crippen LogP contribution is 2.61. The van der Waals surface area contributed by atoms with Crippen LogP contribution in [0.4, 0.5) is 0 Å². The first-order valence-corrected chi connectivity index (χ1v) is 15.9. The summed E-state index contributed by atoms with van der Waals surface area (Å²) in [5, 5.41) is 18.9. The Labute approximate surface area is 257 Å². The molecule has 0 spiro atoms. The molecular formula is C35H50N4O4. The second kappa shape index (κ2) is 12.7. The maximum atomic E-state index is 13.9.